The molecule has 1 aromatic rings. The summed E-state index contributed by atoms with van der Waals surface area (Å²) in [7, 11) is 0. The molecule has 0 amide bonds. The van der Waals surface area contributed by atoms with Crippen LogP contribution < -0.4 is 5.73 Å². The predicted octanol–water partition coefficient (Wildman–Crippen LogP) is 2.36. The predicted molar refractivity (Wildman–Crippen MR) is 54.0 cm³/mol. The summed E-state index contributed by atoms with van der Waals surface area (Å²) in [5.74, 6) is 0.794. The van der Waals surface area contributed by atoms with Crippen LogP contribution in [0.3, 0.4) is 0 Å². The van der Waals surface area contributed by atoms with Crippen molar-refractivity contribution < 1.29 is 0 Å². The maximum atomic E-state index is 6.02. The molecule has 0 spiro atoms. The molecular formula is C10H14N2S. The van der Waals surface area contributed by atoms with Gasteiger partial charge in [0.2, 0.25) is 0 Å². The summed E-state index contributed by atoms with van der Waals surface area (Å²) in [5.41, 5.74) is 7.24. The number of thiazole rings is 1. The van der Waals surface area contributed by atoms with E-state index in [0.717, 1.165) is 12.3 Å². The lowest BCUT2D eigenvalue weighted by molar-refractivity contribution is 0.562. The number of fused-ring (bicyclic) bond motifs is 1. The monoisotopic (exact) mass is 194 g/mol. The van der Waals surface area contributed by atoms with E-state index in [2.05, 4.69) is 4.98 Å². The molecule has 1 saturated carbocycles. The van der Waals surface area contributed by atoms with Crippen LogP contribution in [0.4, 0.5) is 0 Å². The van der Waals surface area contributed by atoms with Crippen molar-refractivity contribution in [2.75, 3.05) is 0 Å². The third kappa shape index (κ3) is 1.30. The molecule has 2 aliphatic rings. The van der Waals surface area contributed by atoms with E-state index in [1.54, 1.807) is 0 Å². The second kappa shape index (κ2) is 2.79. The van der Waals surface area contributed by atoms with Gasteiger partial charge in [-0.1, -0.05) is 0 Å². The lowest BCUT2D eigenvalue weighted by atomic mass is 9.99. The van der Waals surface area contributed by atoms with Crippen LogP contribution in [0.25, 0.3) is 0 Å². The number of aryl methyl sites for hydroxylation is 1. The smallest absolute Gasteiger partial charge is 0.0962 e. The van der Waals surface area contributed by atoms with Crippen LogP contribution in [0.2, 0.25) is 0 Å². The second-order valence-electron chi connectivity index (χ2n) is 4.13. The SMILES string of the molecule is NC1CCCc2sc(C3CC3)nc21. The van der Waals surface area contributed by atoms with Crippen molar-refractivity contribution >= 4 is 11.3 Å². The molecule has 0 saturated heterocycles. The molecule has 2 nitrogen and oxygen atoms in total. The summed E-state index contributed by atoms with van der Waals surface area (Å²) < 4.78 is 0. The van der Waals surface area contributed by atoms with Crippen LogP contribution in [0, 0.1) is 0 Å². The van der Waals surface area contributed by atoms with Crippen molar-refractivity contribution in [3.05, 3.63) is 15.6 Å². The number of nitrogens with zero attached hydrogens (tertiary/aromatic N) is 1. The molecule has 3 heteroatoms. The first-order valence-corrected chi connectivity index (χ1v) is 5.91. The van der Waals surface area contributed by atoms with Gasteiger partial charge in [-0.15, -0.1) is 11.3 Å². The van der Waals surface area contributed by atoms with Crippen LogP contribution in [0.5, 0.6) is 0 Å². The van der Waals surface area contributed by atoms with Gasteiger partial charge < -0.3 is 5.73 Å². The van der Waals surface area contributed by atoms with E-state index in [-0.39, 0.29) is 6.04 Å². The fourth-order valence-electron chi connectivity index (χ4n) is 1.98. The van der Waals surface area contributed by atoms with Gasteiger partial charge in [0.25, 0.3) is 0 Å². The minimum atomic E-state index is 0.229. The highest BCUT2D eigenvalue weighted by atomic mass is 32.1. The zero-order valence-electron chi connectivity index (χ0n) is 7.62. The van der Waals surface area contributed by atoms with Gasteiger partial charge in [0.15, 0.2) is 0 Å². The van der Waals surface area contributed by atoms with E-state index in [9.17, 15) is 0 Å². The molecule has 1 fully saturated rings. The molecule has 3 rings (SSSR count). The van der Waals surface area contributed by atoms with Gasteiger partial charge in [0.05, 0.1) is 10.7 Å². The van der Waals surface area contributed by atoms with Gasteiger partial charge in [-0.2, -0.15) is 0 Å². The molecule has 1 aromatic heterocycles. The summed E-state index contributed by atoms with van der Waals surface area (Å²) in [6.07, 6.45) is 6.29. The lowest BCUT2D eigenvalue weighted by Crippen LogP contribution is -2.16. The summed E-state index contributed by atoms with van der Waals surface area (Å²) in [6, 6.07) is 0.229. The Morgan fingerprint density at radius 1 is 1.31 bits per heavy atom. The Bertz CT molecular complexity index is 328. The van der Waals surface area contributed by atoms with Crippen molar-refractivity contribution in [3.63, 3.8) is 0 Å². The molecule has 2 aliphatic carbocycles. The molecule has 0 bridgehead atoms. The number of rotatable bonds is 1. The Labute approximate surface area is 82.2 Å². The highest BCUT2D eigenvalue weighted by Crippen LogP contribution is 2.44. The Morgan fingerprint density at radius 2 is 2.15 bits per heavy atom. The van der Waals surface area contributed by atoms with E-state index < -0.39 is 0 Å². The van der Waals surface area contributed by atoms with Gasteiger partial charge in [0.1, 0.15) is 0 Å². The van der Waals surface area contributed by atoms with Gasteiger partial charge in [-0.05, 0) is 32.1 Å². The topological polar surface area (TPSA) is 38.9 Å². The largest absolute Gasteiger partial charge is 0.323 e. The van der Waals surface area contributed by atoms with Gasteiger partial charge in [-0.25, -0.2) is 4.98 Å². The van der Waals surface area contributed by atoms with E-state index in [1.807, 2.05) is 11.3 Å². The van der Waals surface area contributed by atoms with E-state index in [4.69, 9.17) is 5.73 Å². The second-order valence-corrected chi connectivity index (χ2v) is 5.25. The Kier molecular flexibility index (Phi) is 1.70. The summed E-state index contributed by atoms with van der Waals surface area (Å²) >= 11 is 1.92. The van der Waals surface area contributed by atoms with Crippen molar-refractivity contribution in [3.8, 4) is 0 Å². The zero-order valence-corrected chi connectivity index (χ0v) is 8.44. The average Bonchev–Trinajstić information content (AvgIpc) is 2.87. The molecule has 1 atom stereocenters. The highest BCUT2D eigenvalue weighted by molar-refractivity contribution is 7.11. The van der Waals surface area contributed by atoms with Crippen LogP contribution in [-0.2, 0) is 6.42 Å². The average molecular weight is 194 g/mol. The molecule has 2 N–H and O–H groups in total. The van der Waals surface area contributed by atoms with Gasteiger partial charge >= 0.3 is 0 Å². The fourth-order valence-corrected chi connectivity index (χ4v) is 3.32. The number of nitrogens with two attached hydrogens (primary N) is 1. The summed E-state index contributed by atoms with van der Waals surface area (Å²) in [5, 5.41) is 1.36. The standard InChI is InChI=1S/C10H14N2S/c11-7-2-1-3-8-9(7)12-10(13-8)6-4-5-6/h6-7H,1-5,11H2. The number of aromatic nitrogens is 1. The first kappa shape index (κ1) is 7.94. The Hall–Kier alpha value is -0.410. The van der Waals surface area contributed by atoms with Crippen LogP contribution in [0.1, 0.15) is 53.2 Å². The maximum absolute atomic E-state index is 6.02. The third-order valence-corrected chi connectivity index (χ3v) is 4.23. The zero-order chi connectivity index (χ0) is 8.84. The van der Waals surface area contributed by atoms with Crippen LogP contribution >= 0.6 is 11.3 Å². The first-order chi connectivity index (χ1) is 6.34. The molecule has 1 unspecified atom stereocenters. The van der Waals surface area contributed by atoms with Crippen molar-refractivity contribution in [1.29, 1.82) is 0 Å². The fraction of sp³-hybridized carbons (Fsp3) is 0.700. The summed E-state index contributed by atoms with van der Waals surface area (Å²) in [4.78, 5) is 6.16. The normalized spacial score (nSPS) is 27.3. The molecular weight excluding hydrogens is 180 g/mol. The molecule has 0 aliphatic heterocycles. The highest BCUT2D eigenvalue weighted by Gasteiger charge is 2.30. The maximum Gasteiger partial charge on any atom is 0.0962 e. The molecule has 70 valence electrons. The van der Waals surface area contributed by atoms with E-state index in [0.29, 0.717) is 0 Å². The Morgan fingerprint density at radius 3 is 2.85 bits per heavy atom. The molecule has 13 heavy (non-hydrogen) atoms. The van der Waals surface area contributed by atoms with Crippen molar-refractivity contribution in [2.24, 2.45) is 5.73 Å². The number of hydrogen-bond donors (Lipinski definition) is 1. The Balaban J connectivity index is 1.99. The minimum absolute atomic E-state index is 0.229. The van der Waals surface area contributed by atoms with Crippen molar-refractivity contribution in [2.45, 2.75) is 44.1 Å². The lowest BCUT2D eigenvalue weighted by Gasteiger charge is -2.15. The van der Waals surface area contributed by atoms with Crippen LogP contribution in [0.15, 0.2) is 0 Å². The number of hydrogen-bond acceptors (Lipinski definition) is 3. The summed E-state index contributed by atoms with van der Waals surface area (Å²) in [6.45, 7) is 0. The van der Waals surface area contributed by atoms with Gasteiger partial charge in [0, 0.05) is 16.8 Å². The van der Waals surface area contributed by atoms with E-state index >= 15 is 0 Å². The third-order valence-electron chi connectivity index (χ3n) is 2.94. The minimum Gasteiger partial charge on any atom is -0.323 e. The molecule has 0 aromatic carbocycles. The van der Waals surface area contributed by atoms with Gasteiger partial charge in [-0.3, -0.25) is 0 Å². The quantitative estimate of drug-likeness (QED) is 0.745. The molecule has 0 radical (unpaired) electrons. The van der Waals surface area contributed by atoms with E-state index in [1.165, 1.54) is 41.3 Å². The van der Waals surface area contributed by atoms with Crippen LogP contribution in [-0.4, -0.2) is 4.98 Å². The first-order valence-electron chi connectivity index (χ1n) is 5.09. The van der Waals surface area contributed by atoms with Crippen molar-refractivity contribution in [1.82, 2.24) is 4.98 Å². The molecule has 1 heterocycles.